The van der Waals surface area contributed by atoms with Gasteiger partial charge in [0, 0.05) is 24.3 Å². The van der Waals surface area contributed by atoms with Crippen molar-refractivity contribution in [2.75, 3.05) is 0 Å². The van der Waals surface area contributed by atoms with Crippen LogP contribution in [0.15, 0.2) is 116 Å². The zero-order valence-corrected chi connectivity index (χ0v) is 19.1. The van der Waals surface area contributed by atoms with Gasteiger partial charge in [0.2, 0.25) is 12.2 Å². The maximum absolute atomic E-state index is 4.25. The molecule has 29 heavy (non-hydrogen) atoms. The zero-order valence-electron chi connectivity index (χ0n) is 16.0. The molecule has 0 bridgehead atoms. The van der Waals surface area contributed by atoms with Crippen molar-refractivity contribution in [2.24, 2.45) is 0 Å². The van der Waals surface area contributed by atoms with Crippen molar-refractivity contribution in [3.8, 4) is 22.3 Å². The van der Waals surface area contributed by atoms with Crippen LogP contribution < -0.4 is 43.1 Å². The lowest BCUT2D eigenvalue weighted by Crippen LogP contribution is -3.00. The third-order valence-corrected chi connectivity index (χ3v) is 4.67. The molecule has 0 aliphatic heterocycles. The quantitative estimate of drug-likeness (QED) is 0.298. The van der Waals surface area contributed by atoms with E-state index in [-0.39, 0.29) is 34.0 Å². The van der Waals surface area contributed by atoms with Crippen LogP contribution in [0.25, 0.3) is 28.0 Å². The van der Waals surface area contributed by atoms with Crippen LogP contribution in [0.4, 0.5) is 0 Å². The minimum absolute atomic E-state index is 0. The monoisotopic (exact) mass is 508 g/mol. The molecular formula is C25H22Br2N2. The second kappa shape index (κ2) is 10.8. The van der Waals surface area contributed by atoms with Gasteiger partial charge in [-0.1, -0.05) is 60.7 Å². The SMILES string of the molecule is C=C(C[n+]1ccc(-c2ccccc2)cc1)[n+]1ccc(-c2ccccc2)cc1.[Br-].[Br-]. The summed E-state index contributed by atoms with van der Waals surface area (Å²) in [5.74, 6) is 0. The Morgan fingerprint density at radius 3 is 1.38 bits per heavy atom. The highest BCUT2D eigenvalue weighted by Crippen LogP contribution is 2.17. The molecule has 4 aromatic rings. The van der Waals surface area contributed by atoms with Crippen LogP contribution in [0.2, 0.25) is 0 Å². The highest BCUT2D eigenvalue weighted by molar-refractivity contribution is 5.62. The average molecular weight is 510 g/mol. The van der Waals surface area contributed by atoms with Gasteiger partial charge in [0.25, 0.3) is 0 Å². The molecule has 0 saturated carbocycles. The third kappa shape index (κ3) is 5.72. The van der Waals surface area contributed by atoms with Crippen molar-refractivity contribution in [3.63, 3.8) is 0 Å². The largest absolute Gasteiger partial charge is 1.00 e. The maximum Gasteiger partial charge on any atom is 0.245 e. The Morgan fingerprint density at radius 1 is 0.552 bits per heavy atom. The van der Waals surface area contributed by atoms with E-state index in [0.717, 1.165) is 12.2 Å². The molecular weight excluding hydrogens is 488 g/mol. The highest BCUT2D eigenvalue weighted by atomic mass is 79.9. The van der Waals surface area contributed by atoms with Gasteiger partial charge in [-0.2, -0.15) is 9.13 Å². The van der Waals surface area contributed by atoms with Crippen LogP contribution >= 0.6 is 0 Å². The van der Waals surface area contributed by atoms with Crippen molar-refractivity contribution in [3.05, 3.63) is 116 Å². The molecule has 0 unspecified atom stereocenters. The molecule has 4 rings (SSSR count). The van der Waals surface area contributed by atoms with Crippen LogP contribution in [0.3, 0.4) is 0 Å². The van der Waals surface area contributed by atoms with Crippen LogP contribution in [0.1, 0.15) is 0 Å². The number of halogens is 2. The number of nitrogens with zero attached hydrogens (tertiary/aromatic N) is 2. The van der Waals surface area contributed by atoms with Gasteiger partial charge in [0.05, 0.1) is 0 Å². The fourth-order valence-electron chi connectivity index (χ4n) is 3.14. The van der Waals surface area contributed by atoms with Crippen molar-refractivity contribution < 1.29 is 43.1 Å². The van der Waals surface area contributed by atoms with Gasteiger partial charge in [-0.25, -0.2) is 0 Å². The molecule has 4 heteroatoms. The first-order valence-corrected chi connectivity index (χ1v) is 9.09. The summed E-state index contributed by atoms with van der Waals surface area (Å²) in [6.07, 6.45) is 8.35. The number of allylic oxidation sites excluding steroid dienone is 1. The smallest absolute Gasteiger partial charge is 0.245 e. The number of rotatable bonds is 5. The summed E-state index contributed by atoms with van der Waals surface area (Å²) >= 11 is 0. The lowest BCUT2D eigenvalue weighted by molar-refractivity contribution is -0.709. The van der Waals surface area contributed by atoms with Crippen LogP contribution in [-0.2, 0) is 6.54 Å². The summed E-state index contributed by atoms with van der Waals surface area (Å²) in [6, 6.07) is 29.4. The van der Waals surface area contributed by atoms with Crippen molar-refractivity contribution >= 4 is 5.70 Å². The lowest BCUT2D eigenvalue weighted by Gasteiger charge is -2.02. The zero-order chi connectivity index (χ0) is 18.5. The number of benzene rings is 2. The molecule has 0 saturated heterocycles. The van der Waals surface area contributed by atoms with Gasteiger partial charge in [0.15, 0.2) is 24.8 Å². The Bertz CT molecular complexity index is 1030. The van der Waals surface area contributed by atoms with E-state index in [1.54, 1.807) is 0 Å². The summed E-state index contributed by atoms with van der Waals surface area (Å²) < 4.78 is 4.22. The van der Waals surface area contributed by atoms with E-state index in [1.807, 2.05) is 12.1 Å². The molecule has 0 radical (unpaired) electrons. The molecule has 2 aromatic heterocycles. The average Bonchev–Trinajstić information content (AvgIpc) is 2.76. The minimum atomic E-state index is 0. The molecule has 0 aliphatic rings. The maximum atomic E-state index is 4.25. The predicted octanol–water partition coefficient (Wildman–Crippen LogP) is -1.23. The van der Waals surface area contributed by atoms with Gasteiger partial charge >= 0.3 is 0 Å². The molecule has 2 nitrogen and oxygen atoms in total. The lowest BCUT2D eigenvalue weighted by atomic mass is 10.1. The second-order valence-corrected chi connectivity index (χ2v) is 6.55. The topological polar surface area (TPSA) is 7.76 Å². The van der Waals surface area contributed by atoms with Gasteiger partial charge in [-0.05, 0) is 28.8 Å². The molecule has 2 heterocycles. The molecule has 2 aromatic carbocycles. The van der Waals surface area contributed by atoms with E-state index in [0.29, 0.717) is 0 Å². The molecule has 0 spiro atoms. The van der Waals surface area contributed by atoms with E-state index in [9.17, 15) is 0 Å². The van der Waals surface area contributed by atoms with Crippen LogP contribution in [0, 0.1) is 0 Å². The number of hydrogen-bond donors (Lipinski definition) is 0. The summed E-state index contributed by atoms with van der Waals surface area (Å²) in [5.41, 5.74) is 5.90. The number of aromatic nitrogens is 2. The van der Waals surface area contributed by atoms with Crippen molar-refractivity contribution in [1.82, 2.24) is 0 Å². The Kier molecular flexibility index (Phi) is 8.50. The van der Waals surface area contributed by atoms with E-state index >= 15 is 0 Å². The van der Waals surface area contributed by atoms with Gasteiger partial charge < -0.3 is 34.0 Å². The highest BCUT2D eigenvalue weighted by Gasteiger charge is 2.13. The molecule has 0 atom stereocenters. The molecule has 0 aliphatic carbocycles. The third-order valence-electron chi connectivity index (χ3n) is 4.67. The van der Waals surface area contributed by atoms with E-state index in [2.05, 4.69) is 113 Å². The Balaban J connectivity index is 0.00000150. The fraction of sp³-hybridized carbons (Fsp3) is 0.0400. The van der Waals surface area contributed by atoms with Gasteiger partial charge in [-0.15, -0.1) is 0 Å². The Morgan fingerprint density at radius 2 is 0.931 bits per heavy atom. The summed E-state index contributed by atoms with van der Waals surface area (Å²) in [7, 11) is 0. The first kappa shape index (κ1) is 22.7. The molecule has 0 amide bonds. The number of pyridine rings is 2. The first-order valence-electron chi connectivity index (χ1n) is 9.09. The van der Waals surface area contributed by atoms with Crippen molar-refractivity contribution in [2.45, 2.75) is 6.54 Å². The Hall–Kier alpha value is -2.56. The molecule has 146 valence electrons. The first-order chi connectivity index (χ1) is 13.3. The van der Waals surface area contributed by atoms with Gasteiger partial charge in [-0.3, -0.25) is 0 Å². The van der Waals surface area contributed by atoms with Crippen molar-refractivity contribution in [1.29, 1.82) is 0 Å². The Labute approximate surface area is 193 Å². The van der Waals surface area contributed by atoms with E-state index < -0.39 is 0 Å². The summed E-state index contributed by atoms with van der Waals surface area (Å²) in [4.78, 5) is 0. The second-order valence-electron chi connectivity index (χ2n) is 6.55. The van der Waals surface area contributed by atoms with E-state index in [1.165, 1.54) is 22.3 Å². The minimum Gasteiger partial charge on any atom is -1.00 e. The molecule has 0 N–H and O–H groups in total. The van der Waals surface area contributed by atoms with E-state index in [4.69, 9.17) is 0 Å². The summed E-state index contributed by atoms with van der Waals surface area (Å²) in [5, 5.41) is 0. The fourth-order valence-corrected chi connectivity index (χ4v) is 3.14. The van der Waals surface area contributed by atoms with Crippen LogP contribution in [-0.4, -0.2) is 0 Å². The normalized spacial score (nSPS) is 9.79. The van der Waals surface area contributed by atoms with Crippen LogP contribution in [0.5, 0.6) is 0 Å². The molecule has 0 fully saturated rings. The number of hydrogen-bond acceptors (Lipinski definition) is 0. The predicted molar refractivity (Wildman–Crippen MR) is 109 cm³/mol. The summed E-state index contributed by atoms with van der Waals surface area (Å²) in [6.45, 7) is 4.99. The standard InChI is InChI=1S/C25H22N2.2BrH/c1-21(27-18-14-25(15-19-27)23-10-6-3-7-11-23)20-26-16-12-24(13-17-26)22-8-4-2-5-9-22;;/h2-19H,1,20H2;2*1H/q+2;;/p-2. The van der Waals surface area contributed by atoms with Gasteiger partial charge in [0.1, 0.15) is 0 Å².